The van der Waals surface area contributed by atoms with Crippen LogP contribution in [0.15, 0.2) is 33.5 Å². The third-order valence-electron chi connectivity index (χ3n) is 2.88. The maximum atomic E-state index is 12.1. The number of H-pyrrole nitrogens is 1. The van der Waals surface area contributed by atoms with Gasteiger partial charge in [0, 0.05) is 17.4 Å². The summed E-state index contributed by atoms with van der Waals surface area (Å²) in [7, 11) is 3.88. The van der Waals surface area contributed by atoms with Gasteiger partial charge in [0.1, 0.15) is 11.4 Å². The quantitative estimate of drug-likeness (QED) is 0.895. The summed E-state index contributed by atoms with van der Waals surface area (Å²) in [5, 5.41) is 10.0. The second kappa shape index (κ2) is 6.19. The van der Waals surface area contributed by atoms with Crippen LogP contribution >= 0.6 is 15.9 Å². The Hall–Kier alpha value is -1.66. The van der Waals surface area contributed by atoms with Crippen molar-refractivity contribution in [2.24, 2.45) is 0 Å². The molecule has 5 nitrogen and oxygen atoms in total. The Kier molecular flexibility index (Phi) is 4.57. The van der Waals surface area contributed by atoms with Gasteiger partial charge in [-0.3, -0.25) is 4.79 Å². The average molecular weight is 338 g/mol. The van der Waals surface area contributed by atoms with Gasteiger partial charge in [-0.25, -0.2) is 0 Å². The van der Waals surface area contributed by atoms with E-state index >= 15 is 0 Å². The molecule has 1 heterocycles. The lowest BCUT2D eigenvalue weighted by Crippen LogP contribution is -2.20. The van der Waals surface area contributed by atoms with Crippen LogP contribution in [0.3, 0.4) is 0 Å². The highest BCUT2D eigenvalue weighted by Gasteiger charge is 2.13. The summed E-state index contributed by atoms with van der Waals surface area (Å²) in [6.45, 7) is 0.750. The van der Waals surface area contributed by atoms with Crippen molar-refractivity contribution >= 4 is 15.9 Å². The fraction of sp³-hybridized carbons (Fsp3) is 0.286. The molecule has 20 heavy (non-hydrogen) atoms. The van der Waals surface area contributed by atoms with E-state index < -0.39 is 0 Å². The van der Waals surface area contributed by atoms with Crippen LogP contribution < -0.4 is 5.56 Å². The van der Waals surface area contributed by atoms with Crippen molar-refractivity contribution in [2.45, 2.75) is 6.42 Å². The number of aromatic nitrogens is 2. The molecule has 2 N–H and O–H groups in total. The van der Waals surface area contributed by atoms with Crippen LogP contribution in [-0.4, -0.2) is 40.6 Å². The van der Waals surface area contributed by atoms with Gasteiger partial charge in [0.25, 0.3) is 5.56 Å². The zero-order valence-electron chi connectivity index (χ0n) is 11.4. The van der Waals surface area contributed by atoms with Crippen LogP contribution in [0.25, 0.3) is 11.1 Å². The van der Waals surface area contributed by atoms with Crippen LogP contribution in [0.5, 0.6) is 5.88 Å². The molecule has 0 unspecified atom stereocenters. The van der Waals surface area contributed by atoms with Crippen molar-refractivity contribution in [1.82, 2.24) is 14.9 Å². The number of nitrogens with zero attached hydrogens (tertiary/aromatic N) is 2. The monoisotopic (exact) mass is 337 g/mol. The number of halogens is 1. The van der Waals surface area contributed by atoms with Crippen LogP contribution in [0.4, 0.5) is 0 Å². The molecule has 2 aromatic rings. The van der Waals surface area contributed by atoms with Crippen molar-refractivity contribution in [3.8, 4) is 17.0 Å². The van der Waals surface area contributed by atoms with E-state index in [1.165, 1.54) is 0 Å². The number of aromatic hydroxyl groups is 1. The fourth-order valence-corrected chi connectivity index (χ4v) is 2.10. The van der Waals surface area contributed by atoms with Crippen molar-refractivity contribution in [3.63, 3.8) is 0 Å². The number of likely N-dealkylation sites (N-methyl/N-ethyl adjacent to an activating group) is 1. The molecule has 1 aromatic heterocycles. The Bertz CT molecular complexity index is 650. The van der Waals surface area contributed by atoms with E-state index in [4.69, 9.17) is 0 Å². The molecule has 0 radical (unpaired) electrons. The summed E-state index contributed by atoms with van der Waals surface area (Å²) in [5.41, 5.74) is 0.512. The molecule has 6 heteroatoms. The predicted molar refractivity (Wildman–Crippen MR) is 81.9 cm³/mol. The number of hydrogen-bond donors (Lipinski definition) is 2. The Balaban J connectivity index is 2.36. The lowest BCUT2D eigenvalue weighted by Gasteiger charge is -2.10. The van der Waals surface area contributed by atoms with E-state index in [0.717, 1.165) is 11.0 Å². The highest BCUT2D eigenvalue weighted by Crippen LogP contribution is 2.24. The Morgan fingerprint density at radius 2 is 1.95 bits per heavy atom. The first-order chi connectivity index (χ1) is 9.47. The maximum absolute atomic E-state index is 12.1. The summed E-state index contributed by atoms with van der Waals surface area (Å²) < 4.78 is 0.910. The van der Waals surface area contributed by atoms with E-state index in [1.807, 2.05) is 31.1 Å². The summed E-state index contributed by atoms with van der Waals surface area (Å²) in [6, 6.07) is 7.15. The van der Waals surface area contributed by atoms with Crippen molar-refractivity contribution in [3.05, 3.63) is 44.9 Å². The van der Waals surface area contributed by atoms with Crippen LogP contribution in [0.2, 0.25) is 0 Å². The average Bonchev–Trinajstić information content (AvgIpc) is 2.38. The van der Waals surface area contributed by atoms with E-state index in [-0.39, 0.29) is 17.0 Å². The summed E-state index contributed by atoms with van der Waals surface area (Å²) in [5.74, 6) is 0.256. The zero-order chi connectivity index (χ0) is 14.7. The summed E-state index contributed by atoms with van der Waals surface area (Å²) in [6.07, 6.45) is 0.580. The second-order valence-electron chi connectivity index (χ2n) is 4.77. The van der Waals surface area contributed by atoms with E-state index in [2.05, 4.69) is 25.9 Å². The minimum Gasteiger partial charge on any atom is -0.493 e. The molecule has 0 aliphatic rings. The van der Waals surface area contributed by atoms with Crippen LogP contribution in [0, 0.1) is 0 Å². The molecule has 0 bridgehead atoms. The Labute approximate surface area is 125 Å². The first kappa shape index (κ1) is 14.7. The van der Waals surface area contributed by atoms with E-state index in [9.17, 15) is 9.90 Å². The lowest BCUT2D eigenvalue weighted by molar-refractivity contribution is 0.404. The lowest BCUT2D eigenvalue weighted by atomic mass is 10.1. The van der Waals surface area contributed by atoms with E-state index in [0.29, 0.717) is 17.8 Å². The normalized spacial score (nSPS) is 11.0. The molecule has 106 valence electrons. The maximum Gasteiger partial charge on any atom is 0.262 e. The van der Waals surface area contributed by atoms with Gasteiger partial charge in [-0.2, -0.15) is 4.98 Å². The van der Waals surface area contributed by atoms with Gasteiger partial charge in [0.2, 0.25) is 5.88 Å². The molecule has 0 aliphatic carbocycles. The Morgan fingerprint density at radius 1 is 1.30 bits per heavy atom. The summed E-state index contributed by atoms with van der Waals surface area (Å²) in [4.78, 5) is 20.9. The fourth-order valence-electron chi connectivity index (χ4n) is 1.83. The molecule has 2 rings (SSSR count). The molecule has 0 fully saturated rings. The molecule has 0 spiro atoms. The smallest absolute Gasteiger partial charge is 0.262 e. The van der Waals surface area contributed by atoms with Gasteiger partial charge in [-0.15, -0.1) is 0 Å². The number of nitrogens with one attached hydrogen (secondary N) is 1. The van der Waals surface area contributed by atoms with Crippen molar-refractivity contribution < 1.29 is 5.11 Å². The van der Waals surface area contributed by atoms with Crippen LogP contribution in [0.1, 0.15) is 5.82 Å². The molecular weight excluding hydrogens is 322 g/mol. The number of aromatic amines is 1. The third kappa shape index (κ3) is 3.46. The molecule has 0 amide bonds. The number of rotatable bonds is 4. The van der Waals surface area contributed by atoms with Crippen molar-refractivity contribution in [1.29, 1.82) is 0 Å². The molecule has 1 aromatic carbocycles. The first-order valence-electron chi connectivity index (χ1n) is 6.20. The first-order valence-corrected chi connectivity index (χ1v) is 6.99. The predicted octanol–water partition coefficient (Wildman–Crippen LogP) is 2.01. The molecule has 0 atom stereocenters. The zero-order valence-corrected chi connectivity index (χ0v) is 12.9. The summed E-state index contributed by atoms with van der Waals surface area (Å²) >= 11 is 3.33. The van der Waals surface area contributed by atoms with Crippen LogP contribution in [-0.2, 0) is 6.42 Å². The van der Waals surface area contributed by atoms with Gasteiger partial charge in [-0.05, 0) is 31.8 Å². The second-order valence-corrected chi connectivity index (χ2v) is 5.69. The van der Waals surface area contributed by atoms with Gasteiger partial charge in [0.15, 0.2) is 0 Å². The van der Waals surface area contributed by atoms with Crippen molar-refractivity contribution in [2.75, 3.05) is 20.6 Å². The molecular formula is C14H16BrN3O2. The third-order valence-corrected chi connectivity index (χ3v) is 3.41. The number of hydrogen-bond acceptors (Lipinski definition) is 4. The largest absolute Gasteiger partial charge is 0.493 e. The van der Waals surface area contributed by atoms with E-state index in [1.54, 1.807) is 12.1 Å². The highest BCUT2D eigenvalue weighted by atomic mass is 79.9. The minimum absolute atomic E-state index is 0.200. The minimum atomic E-state index is -0.325. The molecule has 0 saturated heterocycles. The standard InChI is InChI=1S/C14H16BrN3O2/c1-18(2)8-7-11-16-13(19)12(14(20)17-11)9-3-5-10(15)6-4-9/h3-6H,7-8H2,1-2H3,(H2,16,17,19,20). The SMILES string of the molecule is CN(C)CCc1nc(O)c(-c2ccc(Br)cc2)c(=O)[nH]1. The molecule has 0 saturated carbocycles. The van der Waals surface area contributed by atoms with Gasteiger partial charge >= 0.3 is 0 Å². The highest BCUT2D eigenvalue weighted by molar-refractivity contribution is 9.10. The number of benzene rings is 1. The Morgan fingerprint density at radius 3 is 2.50 bits per heavy atom. The molecule has 0 aliphatic heterocycles. The van der Waals surface area contributed by atoms with Gasteiger partial charge < -0.3 is 15.0 Å². The van der Waals surface area contributed by atoms with Gasteiger partial charge in [0.05, 0.1) is 0 Å². The topological polar surface area (TPSA) is 69.2 Å². The van der Waals surface area contributed by atoms with Gasteiger partial charge in [-0.1, -0.05) is 28.1 Å².